The van der Waals surface area contributed by atoms with Crippen molar-refractivity contribution in [2.24, 2.45) is 50.5 Å². The van der Waals surface area contributed by atoms with E-state index in [9.17, 15) is 0 Å². The first-order chi connectivity index (χ1) is 28.7. The van der Waals surface area contributed by atoms with Crippen LogP contribution in [0.25, 0.3) is 10.8 Å². The summed E-state index contributed by atoms with van der Waals surface area (Å²) >= 11 is 0. The van der Waals surface area contributed by atoms with Crippen molar-refractivity contribution in [3.63, 3.8) is 0 Å². The van der Waals surface area contributed by atoms with E-state index in [4.69, 9.17) is 15.0 Å². The molecule has 0 radical (unpaired) electrons. The monoisotopic (exact) mass is 760 g/mol. The number of aliphatic imine (C=N–C) groups is 3. The summed E-state index contributed by atoms with van der Waals surface area (Å²) in [5.74, 6) is 5.26. The highest BCUT2D eigenvalue weighted by Crippen LogP contribution is 2.40. The van der Waals surface area contributed by atoms with Crippen LogP contribution in [0, 0.1) is 35.5 Å². The maximum Gasteiger partial charge on any atom is 0.150 e. The fraction of sp³-hybridized carbons (Fsp3) is 0.352. The molecule has 4 heteroatoms. The van der Waals surface area contributed by atoms with Gasteiger partial charge >= 0.3 is 0 Å². The second-order valence-electron chi connectivity index (χ2n) is 17.5. The molecule has 2 heterocycles. The topological polar surface area (TPSA) is 49.1 Å². The molecule has 0 amide bonds. The van der Waals surface area contributed by atoms with Gasteiger partial charge in [0.05, 0.1) is 5.70 Å². The molecule has 2 aromatic rings. The number of hydrogen-bond acceptors (Lipinski definition) is 4. The van der Waals surface area contributed by atoms with Gasteiger partial charge in [-0.1, -0.05) is 152 Å². The van der Waals surface area contributed by atoms with E-state index in [1.807, 2.05) is 0 Å². The Kier molecular flexibility index (Phi) is 10.7. The van der Waals surface area contributed by atoms with E-state index in [1.165, 1.54) is 64.5 Å². The molecule has 292 valence electrons. The normalized spacial score (nSPS) is 31.8. The minimum Gasteiger partial charge on any atom is -0.325 e. The van der Waals surface area contributed by atoms with Crippen molar-refractivity contribution < 1.29 is 0 Å². The molecule has 2 aliphatic heterocycles. The second-order valence-corrected chi connectivity index (χ2v) is 17.5. The third kappa shape index (κ3) is 7.78. The van der Waals surface area contributed by atoms with Crippen molar-refractivity contribution in [1.82, 2.24) is 5.32 Å². The van der Waals surface area contributed by atoms with Gasteiger partial charge in [0.1, 0.15) is 11.7 Å². The van der Waals surface area contributed by atoms with Gasteiger partial charge in [-0.2, -0.15) is 0 Å². The molecule has 8 aliphatic rings. The number of rotatable bonds is 8. The van der Waals surface area contributed by atoms with Gasteiger partial charge in [-0.05, 0) is 122 Å². The Morgan fingerprint density at radius 1 is 0.586 bits per heavy atom. The minimum absolute atomic E-state index is 0.123. The number of nitrogens with zero attached hydrogens (tertiary/aromatic N) is 3. The third-order valence-corrected chi connectivity index (χ3v) is 13.9. The van der Waals surface area contributed by atoms with Crippen LogP contribution in [0.3, 0.4) is 0 Å². The van der Waals surface area contributed by atoms with Gasteiger partial charge in [-0.15, -0.1) is 0 Å². The zero-order valence-electron chi connectivity index (χ0n) is 33.7. The van der Waals surface area contributed by atoms with Gasteiger partial charge in [0.25, 0.3) is 0 Å². The van der Waals surface area contributed by atoms with Crippen molar-refractivity contribution in [3.8, 4) is 0 Å². The molecule has 10 rings (SSSR count). The van der Waals surface area contributed by atoms with Gasteiger partial charge < -0.3 is 5.32 Å². The van der Waals surface area contributed by atoms with Crippen LogP contribution in [0.4, 0.5) is 0 Å². The SMILES string of the molecule is C1=CCC(C2=NC(C3=CC=C(C4=NC(C5C=CC(C6C=CC=CC6)CC5)N=C(C5=CCC(C6C=CCCC6)C=C5)N4)CC3)=CCC2c2cccc3ccccc23)C=C1. The zero-order valence-corrected chi connectivity index (χ0v) is 33.7. The van der Waals surface area contributed by atoms with Crippen LogP contribution in [0.2, 0.25) is 0 Å². The number of nitrogens with one attached hydrogen (secondary N) is 1. The largest absolute Gasteiger partial charge is 0.325 e. The van der Waals surface area contributed by atoms with Crippen molar-refractivity contribution in [3.05, 3.63) is 180 Å². The fourth-order valence-corrected chi connectivity index (χ4v) is 10.5. The number of hydrogen-bond donors (Lipinski definition) is 1. The van der Waals surface area contributed by atoms with Gasteiger partial charge in [0.15, 0.2) is 6.17 Å². The minimum atomic E-state index is -0.123. The molecule has 58 heavy (non-hydrogen) atoms. The Hall–Kier alpha value is -5.35. The maximum atomic E-state index is 5.55. The molecule has 0 saturated carbocycles. The summed E-state index contributed by atoms with van der Waals surface area (Å²) in [5, 5.41) is 6.41. The molecule has 0 spiro atoms. The Morgan fingerprint density at radius 3 is 2.16 bits per heavy atom. The van der Waals surface area contributed by atoms with Crippen molar-refractivity contribution in [2.45, 2.75) is 82.7 Å². The molecule has 0 fully saturated rings. The van der Waals surface area contributed by atoms with Crippen LogP contribution in [0.15, 0.2) is 189 Å². The molecular weight excluding hydrogens is 705 g/mol. The lowest BCUT2D eigenvalue weighted by atomic mass is 9.77. The lowest BCUT2D eigenvalue weighted by Crippen LogP contribution is -2.40. The summed E-state index contributed by atoms with van der Waals surface area (Å²) in [7, 11) is 0. The van der Waals surface area contributed by atoms with Crippen LogP contribution in [-0.2, 0) is 0 Å². The Bertz CT molecular complexity index is 2350. The third-order valence-electron chi connectivity index (χ3n) is 13.9. The van der Waals surface area contributed by atoms with E-state index in [-0.39, 0.29) is 12.1 Å². The zero-order chi connectivity index (χ0) is 38.7. The van der Waals surface area contributed by atoms with Crippen molar-refractivity contribution >= 4 is 28.2 Å². The van der Waals surface area contributed by atoms with Gasteiger partial charge in [0, 0.05) is 29.0 Å². The summed E-state index contributed by atoms with van der Waals surface area (Å²) in [4.78, 5) is 16.3. The fourth-order valence-electron chi connectivity index (χ4n) is 10.5. The molecular formula is C54H56N4. The Labute approximate surface area is 345 Å². The first-order valence-corrected chi connectivity index (χ1v) is 22.2. The van der Waals surface area contributed by atoms with Crippen LogP contribution >= 0.6 is 0 Å². The van der Waals surface area contributed by atoms with Crippen LogP contribution < -0.4 is 5.32 Å². The summed E-state index contributed by atoms with van der Waals surface area (Å²) in [6.07, 6.45) is 54.2. The average molecular weight is 761 g/mol. The highest BCUT2D eigenvalue weighted by Gasteiger charge is 2.33. The summed E-state index contributed by atoms with van der Waals surface area (Å²) in [6, 6.07) is 15.6. The first kappa shape index (κ1) is 37.0. The average Bonchev–Trinajstić information content (AvgIpc) is 3.32. The van der Waals surface area contributed by atoms with Gasteiger partial charge in [-0.25, -0.2) is 9.98 Å². The number of benzene rings is 2. The molecule has 6 aliphatic carbocycles. The Balaban J connectivity index is 0.919. The van der Waals surface area contributed by atoms with Gasteiger partial charge in [0.2, 0.25) is 0 Å². The second kappa shape index (κ2) is 16.9. The van der Waals surface area contributed by atoms with E-state index in [0.717, 1.165) is 62.3 Å². The van der Waals surface area contributed by atoms with E-state index in [1.54, 1.807) is 0 Å². The lowest BCUT2D eigenvalue weighted by molar-refractivity contribution is 0.355. The molecule has 4 nitrogen and oxygen atoms in total. The highest BCUT2D eigenvalue weighted by atomic mass is 15.2. The van der Waals surface area contributed by atoms with E-state index < -0.39 is 0 Å². The number of amidine groups is 2. The molecule has 8 unspecified atom stereocenters. The van der Waals surface area contributed by atoms with Crippen LogP contribution in [0.5, 0.6) is 0 Å². The van der Waals surface area contributed by atoms with E-state index >= 15 is 0 Å². The lowest BCUT2D eigenvalue weighted by Gasteiger charge is -2.33. The van der Waals surface area contributed by atoms with Crippen LogP contribution in [0.1, 0.15) is 82.1 Å². The summed E-state index contributed by atoms with van der Waals surface area (Å²) < 4.78 is 0. The predicted molar refractivity (Wildman–Crippen MR) is 244 cm³/mol. The highest BCUT2D eigenvalue weighted by molar-refractivity contribution is 6.16. The van der Waals surface area contributed by atoms with Crippen LogP contribution in [-0.4, -0.2) is 23.5 Å². The first-order valence-electron chi connectivity index (χ1n) is 22.2. The molecule has 1 N–H and O–H groups in total. The molecule has 0 bridgehead atoms. The molecule has 0 saturated heterocycles. The summed E-state index contributed by atoms with van der Waals surface area (Å²) in [6.45, 7) is 0. The predicted octanol–water partition coefficient (Wildman–Crippen LogP) is 12.7. The number of fused-ring (bicyclic) bond motifs is 1. The molecule has 8 atom stereocenters. The van der Waals surface area contributed by atoms with Crippen molar-refractivity contribution in [1.29, 1.82) is 0 Å². The van der Waals surface area contributed by atoms with E-state index in [2.05, 4.69) is 157 Å². The molecule has 0 aromatic heterocycles. The van der Waals surface area contributed by atoms with E-state index in [0.29, 0.717) is 35.5 Å². The summed E-state index contributed by atoms with van der Waals surface area (Å²) in [5.41, 5.74) is 7.62. The molecule has 2 aromatic carbocycles. The quantitative estimate of drug-likeness (QED) is 0.268. The standard InChI is InChI=1S/C54H56N4/c1-4-13-37(14-5-1)39-23-29-44(30-24-39)52-56-53(45-31-25-40(26-32-45)38-15-6-2-7-16-38)58-54(57-52)46-33-27-42(28-34-46)50-36-35-49(51(55-50)43-18-8-3-9-19-43)48-22-12-20-41-17-10-11-21-47(41)48/h1,3-6,8-13,15,17-18,20-23,25,27,29,31-33,36-40,43-44,49,52H,2,7,14,16,19,24,26,28,30,34-35H2,(H,56,57,58). The smallest absolute Gasteiger partial charge is 0.150 e. The van der Waals surface area contributed by atoms with Gasteiger partial charge in [-0.3, -0.25) is 4.99 Å². The maximum absolute atomic E-state index is 5.55. The van der Waals surface area contributed by atoms with Crippen molar-refractivity contribution in [2.75, 3.05) is 0 Å². The Morgan fingerprint density at radius 2 is 1.38 bits per heavy atom. The number of allylic oxidation sites excluding steroid dienone is 17.